The van der Waals surface area contributed by atoms with Gasteiger partial charge in [-0.3, -0.25) is 0 Å². The van der Waals surface area contributed by atoms with Crippen LogP contribution < -0.4 is 5.73 Å². The average Bonchev–Trinajstić information content (AvgIpc) is 2.92. The first-order valence-corrected chi connectivity index (χ1v) is 6.74. The lowest BCUT2D eigenvalue weighted by Crippen LogP contribution is -2.07. The number of aryl methyl sites for hydroxylation is 1. The zero-order valence-electron chi connectivity index (χ0n) is 10.8. The number of ether oxygens (including phenoxy) is 1. The molecule has 2 N–H and O–H groups in total. The van der Waals surface area contributed by atoms with Crippen LogP contribution in [0.4, 0.5) is 5.69 Å². The second-order valence-corrected chi connectivity index (χ2v) is 5.11. The van der Waals surface area contributed by atoms with Gasteiger partial charge in [0.15, 0.2) is 0 Å². The van der Waals surface area contributed by atoms with Crippen molar-refractivity contribution in [3.05, 3.63) is 47.4 Å². The van der Waals surface area contributed by atoms with Crippen LogP contribution in [0.5, 0.6) is 0 Å². The Balaban J connectivity index is 2.21. The molecule has 19 heavy (non-hydrogen) atoms. The molecular weight excluding hydrogens is 262 g/mol. The number of benzene rings is 1. The Bertz CT molecular complexity index is 579. The van der Waals surface area contributed by atoms with E-state index in [1.54, 1.807) is 24.1 Å². The van der Waals surface area contributed by atoms with Crippen molar-refractivity contribution in [3.63, 3.8) is 0 Å². The summed E-state index contributed by atoms with van der Waals surface area (Å²) in [6.45, 7) is 1.87. The van der Waals surface area contributed by atoms with Gasteiger partial charge in [-0.2, -0.15) is 0 Å². The maximum atomic E-state index is 11.6. The molecule has 0 aliphatic carbocycles. The van der Waals surface area contributed by atoms with E-state index in [-0.39, 0.29) is 0 Å². The predicted octanol–water partition coefficient (Wildman–Crippen LogP) is 3.25. The highest BCUT2D eigenvalue weighted by molar-refractivity contribution is 7.98. The van der Waals surface area contributed by atoms with E-state index in [4.69, 9.17) is 14.9 Å². The van der Waals surface area contributed by atoms with E-state index in [9.17, 15) is 4.79 Å². The van der Waals surface area contributed by atoms with Crippen LogP contribution in [0.25, 0.3) is 0 Å². The maximum absolute atomic E-state index is 11.6. The Labute approximate surface area is 115 Å². The Morgan fingerprint density at radius 2 is 2.26 bits per heavy atom. The minimum atomic E-state index is -0.416. The molecule has 0 radical (unpaired) electrons. The van der Waals surface area contributed by atoms with Crippen molar-refractivity contribution in [2.75, 3.05) is 12.8 Å². The molecule has 2 aromatic rings. The molecular formula is C14H15NO3S. The van der Waals surface area contributed by atoms with Crippen molar-refractivity contribution in [3.8, 4) is 0 Å². The number of carbonyl (C=O) groups is 1. The number of thioether (sulfide) groups is 1. The van der Waals surface area contributed by atoms with Crippen molar-refractivity contribution in [1.82, 2.24) is 0 Å². The molecule has 0 amide bonds. The quantitative estimate of drug-likeness (QED) is 0.528. The largest absolute Gasteiger partial charge is 0.468 e. The van der Waals surface area contributed by atoms with Crippen LogP contribution in [0, 0.1) is 6.92 Å². The van der Waals surface area contributed by atoms with Crippen LogP contribution in [-0.4, -0.2) is 13.1 Å². The van der Waals surface area contributed by atoms with Gasteiger partial charge in [0.25, 0.3) is 0 Å². The molecule has 0 spiro atoms. The molecule has 0 bridgehead atoms. The van der Waals surface area contributed by atoms with Crippen molar-refractivity contribution >= 4 is 23.4 Å². The van der Waals surface area contributed by atoms with E-state index < -0.39 is 5.97 Å². The molecule has 0 saturated heterocycles. The third kappa shape index (κ3) is 3.12. The van der Waals surface area contributed by atoms with Crippen LogP contribution in [0.2, 0.25) is 0 Å². The number of carbonyl (C=O) groups excluding carboxylic acids is 1. The predicted molar refractivity (Wildman–Crippen MR) is 75.2 cm³/mol. The van der Waals surface area contributed by atoms with Crippen molar-refractivity contribution < 1.29 is 13.9 Å². The molecule has 5 heteroatoms. The van der Waals surface area contributed by atoms with E-state index in [1.807, 2.05) is 25.1 Å². The van der Waals surface area contributed by atoms with E-state index in [2.05, 4.69) is 0 Å². The highest BCUT2D eigenvalue weighted by Gasteiger charge is 2.13. The summed E-state index contributed by atoms with van der Waals surface area (Å²) < 4.78 is 10.0. The number of hydrogen-bond donors (Lipinski definition) is 1. The number of esters is 1. The lowest BCUT2D eigenvalue weighted by molar-refractivity contribution is 0.0601. The first-order chi connectivity index (χ1) is 9.11. The molecule has 1 aromatic heterocycles. The standard InChI is InChI=1S/C14H15NO3S/c1-9-6-11(19-8-10-4-3-5-18-10)7-12(13(9)15)14(16)17-2/h3-7H,8,15H2,1-2H3. The SMILES string of the molecule is COC(=O)c1cc(SCc2ccco2)cc(C)c1N. The van der Waals surface area contributed by atoms with Crippen molar-refractivity contribution in [2.24, 2.45) is 0 Å². The maximum Gasteiger partial charge on any atom is 0.340 e. The lowest BCUT2D eigenvalue weighted by Gasteiger charge is -2.09. The van der Waals surface area contributed by atoms with Crippen LogP contribution in [0.3, 0.4) is 0 Å². The number of rotatable bonds is 4. The van der Waals surface area contributed by atoms with Gasteiger partial charge in [0, 0.05) is 10.6 Å². The van der Waals surface area contributed by atoms with Gasteiger partial charge in [-0.25, -0.2) is 4.79 Å². The normalized spacial score (nSPS) is 10.4. The van der Waals surface area contributed by atoms with Gasteiger partial charge < -0.3 is 14.9 Å². The van der Waals surface area contributed by atoms with E-state index in [0.717, 1.165) is 16.2 Å². The molecule has 4 nitrogen and oxygen atoms in total. The van der Waals surface area contributed by atoms with Gasteiger partial charge in [-0.05, 0) is 36.8 Å². The average molecular weight is 277 g/mol. The molecule has 0 aliphatic heterocycles. The van der Waals surface area contributed by atoms with Gasteiger partial charge >= 0.3 is 5.97 Å². The van der Waals surface area contributed by atoms with Crippen LogP contribution >= 0.6 is 11.8 Å². The third-order valence-electron chi connectivity index (χ3n) is 2.73. The van der Waals surface area contributed by atoms with Crippen LogP contribution in [0.1, 0.15) is 21.7 Å². The Kier molecular flexibility index (Phi) is 4.16. The summed E-state index contributed by atoms with van der Waals surface area (Å²) in [7, 11) is 1.35. The van der Waals surface area contributed by atoms with E-state index >= 15 is 0 Å². The molecule has 0 atom stereocenters. The van der Waals surface area contributed by atoms with Gasteiger partial charge in [-0.1, -0.05) is 0 Å². The second kappa shape index (κ2) is 5.84. The summed E-state index contributed by atoms with van der Waals surface area (Å²) in [5, 5.41) is 0. The number of furan rings is 1. The summed E-state index contributed by atoms with van der Waals surface area (Å²) in [6, 6.07) is 7.47. The monoisotopic (exact) mass is 277 g/mol. The summed E-state index contributed by atoms with van der Waals surface area (Å²) in [4.78, 5) is 12.6. The highest BCUT2D eigenvalue weighted by Crippen LogP contribution is 2.29. The Morgan fingerprint density at radius 3 is 2.89 bits per heavy atom. The topological polar surface area (TPSA) is 65.5 Å². The van der Waals surface area contributed by atoms with Crippen LogP contribution in [-0.2, 0) is 10.5 Å². The fraction of sp³-hybridized carbons (Fsp3) is 0.214. The third-order valence-corrected chi connectivity index (χ3v) is 3.72. The van der Waals surface area contributed by atoms with Gasteiger partial charge in [0.1, 0.15) is 5.76 Å². The first-order valence-electron chi connectivity index (χ1n) is 5.75. The van der Waals surface area contributed by atoms with Gasteiger partial charge in [0.2, 0.25) is 0 Å². The number of methoxy groups -OCH3 is 1. The lowest BCUT2D eigenvalue weighted by atomic mass is 10.1. The van der Waals surface area contributed by atoms with Crippen molar-refractivity contribution in [2.45, 2.75) is 17.6 Å². The number of nitrogens with two attached hydrogens (primary N) is 1. The van der Waals surface area contributed by atoms with E-state index in [1.165, 1.54) is 7.11 Å². The molecule has 0 unspecified atom stereocenters. The fourth-order valence-electron chi connectivity index (χ4n) is 1.68. The number of anilines is 1. The van der Waals surface area contributed by atoms with Crippen LogP contribution in [0.15, 0.2) is 39.8 Å². The molecule has 1 heterocycles. The molecule has 0 aliphatic rings. The summed E-state index contributed by atoms with van der Waals surface area (Å²) in [5.74, 6) is 1.18. The molecule has 1 aromatic carbocycles. The van der Waals surface area contributed by atoms with E-state index in [0.29, 0.717) is 17.0 Å². The second-order valence-electron chi connectivity index (χ2n) is 4.06. The fourth-order valence-corrected chi connectivity index (χ4v) is 2.61. The summed E-state index contributed by atoms with van der Waals surface area (Å²) in [5.41, 5.74) is 7.63. The minimum Gasteiger partial charge on any atom is -0.468 e. The zero-order chi connectivity index (χ0) is 13.8. The van der Waals surface area contributed by atoms with Gasteiger partial charge in [-0.15, -0.1) is 11.8 Å². The Hall–Kier alpha value is -1.88. The molecule has 100 valence electrons. The summed E-state index contributed by atoms with van der Waals surface area (Å²) >= 11 is 1.59. The minimum absolute atomic E-state index is 0.407. The smallest absolute Gasteiger partial charge is 0.340 e. The van der Waals surface area contributed by atoms with Gasteiger partial charge in [0.05, 0.1) is 24.7 Å². The first kappa shape index (κ1) is 13.5. The summed E-state index contributed by atoms with van der Waals surface area (Å²) in [6.07, 6.45) is 1.64. The molecule has 0 saturated carbocycles. The molecule has 0 fully saturated rings. The zero-order valence-corrected chi connectivity index (χ0v) is 11.6. The number of nitrogen functional groups attached to an aromatic ring is 1. The highest BCUT2D eigenvalue weighted by atomic mass is 32.2. The van der Waals surface area contributed by atoms with Crippen molar-refractivity contribution in [1.29, 1.82) is 0 Å². The number of hydrogen-bond acceptors (Lipinski definition) is 5. The molecule has 2 rings (SSSR count). The Morgan fingerprint density at radius 1 is 1.47 bits per heavy atom.